The lowest BCUT2D eigenvalue weighted by Gasteiger charge is -2.57. The van der Waals surface area contributed by atoms with Crippen molar-refractivity contribution in [2.75, 3.05) is 6.61 Å². The van der Waals surface area contributed by atoms with E-state index in [2.05, 4.69) is 6.58 Å². The van der Waals surface area contributed by atoms with Gasteiger partial charge in [-0.3, -0.25) is 0 Å². The van der Waals surface area contributed by atoms with Gasteiger partial charge >= 0.3 is 75.9 Å². The Kier molecular flexibility index (Phi) is 5.86. The summed E-state index contributed by atoms with van der Waals surface area (Å²) in [5.74, 6) is -0.478. The van der Waals surface area contributed by atoms with Crippen LogP contribution in [-0.2, 0) is 59.5 Å². The standard InChI is InChI=1S/C15H32O14Si8/c1-13(2)14(16)17-11-10-12-37-27-32(5)18-15-19-33(6,28-37)24-36(9)25-34(7,21-30(15,3)20-32)22-31(15,4)23-35(8,26-36)29-37/h1,10-12H2,2-9H3. The topological polar surface area (TPSA) is 137 Å². The van der Waals surface area contributed by atoms with E-state index >= 15 is 0 Å². The van der Waals surface area contributed by atoms with Crippen molar-refractivity contribution in [2.45, 2.75) is 70.3 Å². The Balaban J connectivity index is 1.50. The number of hydrogen-bond donors (Lipinski definition) is 0. The van der Waals surface area contributed by atoms with E-state index in [1.807, 2.05) is 13.1 Å². The minimum absolute atomic E-state index is 0.102. The molecule has 0 radical (unpaired) electrons. The number of fused-ring (bicyclic) bond motifs is 7. The maximum Gasteiger partial charge on any atom is 0.484 e. The Morgan fingerprint density at radius 3 is 1.62 bits per heavy atom. The van der Waals surface area contributed by atoms with Crippen molar-refractivity contribution >= 4 is 75.9 Å². The van der Waals surface area contributed by atoms with Gasteiger partial charge < -0.3 is 54.7 Å². The van der Waals surface area contributed by atoms with Crippen LogP contribution < -0.4 is 0 Å². The van der Waals surface area contributed by atoms with Crippen LogP contribution in [0.3, 0.4) is 0 Å². The Morgan fingerprint density at radius 2 is 1.08 bits per heavy atom. The number of carbonyl (C=O) groups excluding carboxylic acids is 1. The van der Waals surface area contributed by atoms with Gasteiger partial charge in [0, 0.05) is 44.4 Å². The Morgan fingerprint density at radius 1 is 0.676 bits per heavy atom. The highest BCUT2D eigenvalue weighted by Gasteiger charge is 2.91. The minimum atomic E-state index is -3.78. The average molecular weight is 661 g/mol. The molecule has 0 aromatic rings. The van der Waals surface area contributed by atoms with E-state index in [9.17, 15) is 4.79 Å². The summed E-state index contributed by atoms with van der Waals surface area (Å²) in [5, 5.41) is -1.51. The van der Waals surface area contributed by atoms with E-state index in [0.717, 1.165) is 0 Å². The predicted molar refractivity (Wildman–Crippen MR) is 138 cm³/mol. The van der Waals surface area contributed by atoms with Crippen LogP contribution in [0, 0.1) is 0 Å². The number of hydrogen-bond acceptors (Lipinski definition) is 14. The fraction of sp³-hybridized carbons (Fsp3) is 0.800. The number of esters is 1. The zero-order valence-corrected chi connectivity index (χ0v) is 30.0. The van der Waals surface area contributed by atoms with Gasteiger partial charge in [-0.1, -0.05) is 6.58 Å². The summed E-state index contributed by atoms with van der Waals surface area (Å²) < 4.78 is 86.0. The summed E-state index contributed by atoms with van der Waals surface area (Å²) in [6.07, 6.45) is 0.363. The maximum atomic E-state index is 11.9. The van der Waals surface area contributed by atoms with E-state index in [1.54, 1.807) is 39.7 Å². The van der Waals surface area contributed by atoms with Crippen molar-refractivity contribution in [3.05, 3.63) is 12.2 Å². The molecule has 22 heteroatoms. The van der Waals surface area contributed by atoms with Crippen LogP contribution in [0.4, 0.5) is 0 Å². The molecule has 208 valence electrons. The quantitative estimate of drug-likeness (QED) is 0.182. The molecule has 0 aliphatic carbocycles. The molecule has 0 N–H and O–H groups in total. The molecule has 0 aromatic carbocycles. The summed E-state index contributed by atoms with van der Waals surface area (Å²) in [6.45, 7) is 17.9. The monoisotopic (exact) mass is 660 g/mol. The summed E-state index contributed by atoms with van der Waals surface area (Å²) in [6, 6.07) is 0.243. The lowest BCUT2D eigenvalue weighted by atomic mass is 10.4. The van der Waals surface area contributed by atoms with Crippen molar-refractivity contribution in [1.82, 2.24) is 0 Å². The molecule has 0 aromatic heterocycles. The highest BCUT2D eigenvalue weighted by molar-refractivity contribution is 7.08. The van der Waals surface area contributed by atoms with Crippen molar-refractivity contribution < 1.29 is 59.5 Å². The van der Waals surface area contributed by atoms with E-state index in [4.69, 9.17) is 54.7 Å². The van der Waals surface area contributed by atoms with Gasteiger partial charge in [-0.15, -0.1) is 0 Å². The Hall–Kier alpha value is 0.465. The third kappa shape index (κ3) is 4.13. The average Bonchev–Trinajstić information content (AvgIpc) is 2.90. The molecular weight excluding hydrogens is 629 g/mol. The van der Waals surface area contributed by atoms with E-state index in [0.29, 0.717) is 12.0 Å². The second-order valence-corrected chi connectivity index (χ2v) is 35.4. The fourth-order valence-electron chi connectivity index (χ4n) is 6.01. The number of ether oxygens (including phenoxy) is 1. The minimum Gasteiger partial charge on any atom is -0.462 e. The van der Waals surface area contributed by atoms with E-state index < -0.39 is 81.0 Å². The van der Waals surface area contributed by atoms with Crippen molar-refractivity contribution in [3.8, 4) is 0 Å². The van der Waals surface area contributed by atoms with Crippen LogP contribution in [0.25, 0.3) is 0 Å². The molecule has 5 aliphatic heterocycles. The van der Waals surface area contributed by atoms with Crippen LogP contribution >= 0.6 is 0 Å². The second kappa shape index (κ2) is 7.84. The first kappa shape index (κ1) is 27.6. The SMILES string of the molecule is C=C(C)C(=O)OCCC[Si]12O[Si]3(C)OC45O[Si](C)(O1)O[Si]4(C)O[Si]1(C)O[Si](C)(O3)O[Si](C)(O2)O[Si]5(C)O1. The summed E-state index contributed by atoms with van der Waals surface area (Å²) in [5.41, 5.74) is 0.312. The Bertz CT molecular complexity index is 1090. The van der Waals surface area contributed by atoms with Gasteiger partial charge in [0.25, 0.3) is 0 Å². The second-order valence-electron chi connectivity index (χ2n) is 10.7. The lowest BCUT2D eigenvalue weighted by molar-refractivity contribution is -0.139. The highest BCUT2D eigenvalue weighted by atomic mass is 28.6. The molecule has 1 spiro atoms. The number of carbonyl (C=O) groups is 1. The zero-order valence-electron chi connectivity index (χ0n) is 22.0. The highest BCUT2D eigenvalue weighted by Crippen LogP contribution is 2.59. The third-order valence-corrected chi connectivity index (χ3v) is 44.6. The smallest absolute Gasteiger partial charge is 0.462 e. The Labute approximate surface area is 224 Å². The molecule has 14 nitrogen and oxygen atoms in total. The van der Waals surface area contributed by atoms with Gasteiger partial charge in [0.2, 0.25) is 5.03 Å². The molecule has 5 rings (SSSR count). The molecule has 5 aliphatic rings. The van der Waals surface area contributed by atoms with Gasteiger partial charge in [-0.05, 0) is 26.4 Å². The molecule has 9 unspecified atom stereocenters. The van der Waals surface area contributed by atoms with E-state index in [1.165, 1.54) is 0 Å². The van der Waals surface area contributed by atoms with E-state index in [-0.39, 0.29) is 12.7 Å². The first-order valence-corrected chi connectivity index (χ1v) is 29.7. The van der Waals surface area contributed by atoms with Crippen molar-refractivity contribution in [1.29, 1.82) is 0 Å². The summed E-state index contributed by atoms with van der Waals surface area (Å²) in [7, 11) is -28.6. The van der Waals surface area contributed by atoms with Crippen molar-refractivity contribution in [2.24, 2.45) is 0 Å². The molecule has 9 atom stereocenters. The maximum absolute atomic E-state index is 11.9. The van der Waals surface area contributed by atoms with Crippen LogP contribution in [0.2, 0.25) is 51.9 Å². The van der Waals surface area contributed by atoms with Gasteiger partial charge in [-0.25, -0.2) is 4.79 Å². The molecule has 0 amide bonds. The predicted octanol–water partition coefficient (Wildman–Crippen LogP) is 1.48. The third-order valence-electron chi connectivity index (χ3n) is 6.72. The normalized spacial score (nSPS) is 57.4. The molecular formula is C15H32O14Si8. The molecule has 5 fully saturated rings. The largest absolute Gasteiger partial charge is 0.484 e. The first-order chi connectivity index (χ1) is 16.8. The molecule has 5 saturated heterocycles. The van der Waals surface area contributed by atoms with Crippen molar-refractivity contribution in [3.63, 3.8) is 0 Å². The van der Waals surface area contributed by atoms with Gasteiger partial charge in [0.05, 0.1) is 6.61 Å². The summed E-state index contributed by atoms with van der Waals surface area (Å²) >= 11 is 0. The number of rotatable bonds is 5. The van der Waals surface area contributed by atoms with Crippen LogP contribution in [-0.4, -0.2) is 87.6 Å². The molecule has 5 heterocycles. The van der Waals surface area contributed by atoms with Gasteiger partial charge in [-0.2, -0.15) is 0 Å². The molecule has 37 heavy (non-hydrogen) atoms. The lowest BCUT2D eigenvalue weighted by Crippen LogP contribution is -2.86. The van der Waals surface area contributed by atoms with Crippen LogP contribution in [0.5, 0.6) is 0 Å². The fourth-order valence-corrected chi connectivity index (χ4v) is 57.0. The van der Waals surface area contributed by atoms with Gasteiger partial charge in [0.1, 0.15) is 0 Å². The molecule has 0 saturated carbocycles. The zero-order chi connectivity index (χ0) is 27.0. The molecule has 8 bridgehead atoms. The van der Waals surface area contributed by atoms with Crippen LogP contribution in [0.1, 0.15) is 13.3 Å². The van der Waals surface area contributed by atoms with Gasteiger partial charge in [0.15, 0.2) is 0 Å². The van der Waals surface area contributed by atoms with Crippen LogP contribution in [0.15, 0.2) is 12.2 Å². The summed E-state index contributed by atoms with van der Waals surface area (Å²) in [4.78, 5) is 11.9. The first-order valence-electron chi connectivity index (χ1n) is 12.1.